The maximum absolute atomic E-state index is 6.50. The van der Waals surface area contributed by atoms with E-state index >= 15 is 0 Å². The van der Waals surface area contributed by atoms with Crippen molar-refractivity contribution in [3.8, 4) is 23.0 Å². The highest BCUT2D eigenvalue weighted by Crippen LogP contribution is 2.51. The standard InChI is InChI=1S/C21H26O4/c1-20(2)13-21(3,17-10-8-14(22-4)11-18(17)24-6)25-19-12-15(23-5)7-9-16(19)20/h7-12H,13H2,1-6H3. The Hall–Kier alpha value is -2.36. The van der Waals surface area contributed by atoms with Gasteiger partial charge >= 0.3 is 0 Å². The molecular formula is C21H26O4. The van der Waals surface area contributed by atoms with Crippen LogP contribution in [0.3, 0.4) is 0 Å². The van der Waals surface area contributed by atoms with Gasteiger partial charge in [-0.3, -0.25) is 0 Å². The third-order valence-corrected chi connectivity index (χ3v) is 5.01. The molecule has 1 heterocycles. The molecule has 0 fully saturated rings. The Kier molecular flexibility index (Phi) is 4.31. The summed E-state index contributed by atoms with van der Waals surface area (Å²) in [6.45, 7) is 6.60. The van der Waals surface area contributed by atoms with E-state index in [1.165, 1.54) is 5.56 Å². The molecule has 25 heavy (non-hydrogen) atoms. The van der Waals surface area contributed by atoms with Crippen molar-refractivity contribution >= 4 is 0 Å². The summed E-state index contributed by atoms with van der Waals surface area (Å²) >= 11 is 0. The lowest BCUT2D eigenvalue weighted by Gasteiger charge is -2.45. The summed E-state index contributed by atoms with van der Waals surface area (Å²) in [7, 11) is 4.99. The fraction of sp³-hybridized carbons (Fsp3) is 0.429. The summed E-state index contributed by atoms with van der Waals surface area (Å²) in [5.74, 6) is 3.18. The number of hydrogen-bond donors (Lipinski definition) is 0. The van der Waals surface area contributed by atoms with E-state index in [0.717, 1.165) is 35.0 Å². The molecular weight excluding hydrogens is 316 g/mol. The van der Waals surface area contributed by atoms with Crippen molar-refractivity contribution < 1.29 is 18.9 Å². The number of benzene rings is 2. The number of rotatable bonds is 4. The van der Waals surface area contributed by atoms with Gasteiger partial charge in [0.05, 0.1) is 21.3 Å². The van der Waals surface area contributed by atoms with Crippen molar-refractivity contribution in [3.05, 3.63) is 47.5 Å². The fourth-order valence-corrected chi connectivity index (χ4v) is 3.88. The van der Waals surface area contributed by atoms with Crippen LogP contribution in [0.5, 0.6) is 23.0 Å². The van der Waals surface area contributed by atoms with Gasteiger partial charge in [-0.1, -0.05) is 19.9 Å². The molecule has 0 saturated carbocycles. The quantitative estimate of drug-likeness (QED) is 0.808. The van der Waals surface area contributed by atoms with E-state index in [1.807, 2.05) is 30.3 Å². The van der Waals surface area contributed by atoms with Crippen LogP contribution >= 0.6 is 0 Å². The van der Waals surface area contributed by atoms with Crippen LogP contribution in [0.1, 0.15) is 38.3 Å². The maximum Gasteiger partial charge on any atom is 0.136 e. The van der Waals surface area contributed by atoms with Gasteiger partial charge in [0.25, 0.3) is 0 Å². The molecule has 0 amide bonds. The minimum atomic E-state index is -0.513. The third kappa shape index (κ3) is 3.01. The van der Waals surface area contributed by atoms with Crippen molar-refractivity contribution in [2.24, 2.45) is 0 Å². The van der Waals surface area contributed by atoms with Gasteiger partial charge in [-0.15, -0.1) is 0 Å². The predicted molar refractivity (Wildman–Crippen MR) is 98.2 cm³/mol. The summed E-state index contributed by atoms with van der Waals surface area (Å²) in [6, 6.07) is 11.9. The lowest BCUT2D eigenvalue weighted by atomic mass is 9.71. The lowest BCUT2D eigenvalue weighted by Crippen LogP contribution is -2.41. The van der Waals surface area contributed by atoms with Gasteiger partial charge in [0.15, 0.2) is 0 Å². The van der Waals surface area contributed by atoms with Crippen LogP contribution in [0.2, 0.25) is 0 Å². The third-order valence-electron chi connectivity index (χ3n) is 5.01. The summed E-state index contributed by atoms with van der Waals surface area (Å²) in [4.78, 5) is 0. The highest BCUT2D eigenvalue weighted by atomic mass is 16.5. The summed E-state index contributed by atoms with van der Waals surface area (Å²) in [5.41, 5.74) is 1.65. The van der Waals surface area contributed by atoms with E-state index in [-0.39, 0.29) is 5.41 Å². The molecule has 0 saturated heterocycles. The smallest absolute Gasteiger partial charge is 0.136 e. The second-order valence-corrected chi connectivity index (χ2v) is 7.32. The van der Waals surface area contributed by atoms with Crippen molar-refractivity contribution in [2.75, 3.05) is 21.3 Å². The van der Waals surface area contributed by atoms with Crippen LogP contribution in [0.25, 0.3) is 0 Å². The zero-order valence-electron chi connectivity index (χ0n) is 15.8. The van der Waals surface area contributed by atoms with E-state index < -0.39 is 5.60 Å². The Morgan fingerprint density at radius 1 is 0.800 bits per heavy atom. The molecule has 2 aromatic rings. The fourth-order valence-electron chi connectivity index (χ4n) is 3.88. The first-order chi connectivity index (χ1) is 11.8. The molecule has 1 aliphatic rings. The van der Waals surface area contributed by atoms with Gasteiger partial charge in [0.2, 0.25) is 0 Å². The summed E-state index contributed by atoms with van der Waals surface area (Å²) in [6.07, 6.45) is 0.835. The van der Waals surface area contributed by atoms with Gasteiger partial charge in [-0.2, -0.15) is 0 Å². The molecule has 0 bridgehead atoms. The SMILES string of the molecule is COc1ccc2c(c1)OC(C)(c1ccc(OC)cc1OC)CC2(C)C. The minimum Gasteiger partial charge on any atom is -0.497 e. The van der Waals surface area contributed by atoms with Crippen LogP contribution in [0, 0.1) is 0 Å². The molecule has 3 rings (SSSR count). The molecule has 0 radical (unpaired) electrons. The first-order valence-electron chi connectivity index (χ1n) is 8.43. The minimum absolute atomic E-state index is 0.0421. The van der Waals surface area contributed by atoms with Gasteiger partial charge in [0.1, 0.15) is 28.6 Å². The second kappa shape index (κ2) is 6.17. The zero-order valence-corrected chi connectivity index (χ0v) is 15.8. The Bertz CT molecular complexity index is 781. The number of methoxy groups -OCH3 is 3. The Balaban J connectivity index is 2.11. The van der Waals surface area contributed by atoms with Crippen molar-refractivity contribution in [1.29, 1.82) is 0 Å². The van der Waals surface area contributed by atoms with Crippen molar-refractivity contribution in [2.45, 2.75) is 38.2 Å². The normalized spacial score (nSPS) is 21.0. The van der Waals surface area contributed by atoms with E-state index in [2.05, 4.69) is 26.8 Å². The van der Waals surface area contributed by atoms with Crippen LogP contribution < -0.4 is 18.9 Å². The first-order valence-corrected chi connectivity index (χ1v) is 8.43. The zero-order chi connectivity index (χ0) is 18.2. The lowest BCUT2D eigenvalue weighted by molar-refractivity contribution is 0.0301. The van der Waals surface area contributed by atoms with E-state index in [4.69, 9.17) is 18.9 Å². The van der Waals surface area contributed by atoms with Crippen LogP contribution in [-0.2, 0) is 11.0 Å². The second-order valence-electron chi connectivity index (χ2n) is 7.32. The molecule has 2 aromatic carbocycles. The van der Waals surface area contributed by atoms with Gasteiger partial charge in [-0.05, 0) is 30.5 Å². The molecule has 0 aromatic heterocycles. The maximum atomic E-state index is 6.50. The summed E-state index contributed by atoms with van der Waals surface area (Å²) < 4.78 is 22.8. The Morgan fingerprint density at radius 3 is 2.00 bits per heavy atom. The molecule has 134 valence electrons. The molecule has 4 heteroatoms. The number of fused-ring (bicyclic) bond motifs is 1. The largest absolute Gasteiger partial charge is 0.497 e. The molecule has 4 nitrogen and oxygen atoms in total. The van der Waals surface area contributed by atoms with Crippen LogP contribution in [0.15, 0.2) is 36.4 Å². The van der Waals surface area contributed by atoms with Crippen molar-refractivity contribution in [1.82, 2.24) is 0 Å². The average Bonchev–Trinajstić information content (AvgIpc) is 2.59. The Morgan fingerprint density at radius 2 is 1.40 bits per heavy atom. The molecule has 0 spiro atoms. The van der Waals surface area contributed by atoms with Crippen molar-refractivity contribution in [3.63, 3.8) is 0 Å². The highest BCUT2D eigenvalue weighted by molar-refractivity contribution is 5.50. The monoisotopic (exact) mass is 342 g/mol. The van der Waals surface area contributed by atoms with Crippen LogP contribution in [-0.4, -0.2) is 21.3 Å². The number of ether oxygens (including phenoxy) is 4. The summed E-state index contributed by atoms with van der Waals surface area (Å²) in [5, 5.41) is 0. The molecule has 1 unspecified atom stereocenters. The van der Waals surface area contributed by atoms with E-state index in [1.54, 1.807) is 21.3 Å². The van der Waals surface area contributed by atoms with Gasteiger partial charge in [-0.25, -0.2) is 0 Å². The Labute approximate surface area is 149 Å². The highest BCUT2D eigenvalue weighted by Gasteiger charge is 2.44. The van der Waals surface area contributed by atoms with E-state index in [0.29, 0.717) is 0 Å². The van der Waals surface area contributed by atoms with Gasteiger partial charge in [0, 0.05) is 29.7 Å². The number of hydrogen-bond acceptors (Lipinski definition) is 4. The molecule has 1 atom stereocenters. The van der Waals surface area contributed by atoms with Gasteiger partial charge < -0.3 is 18.9 Å². The van der Waals surface area contributed by atoms with Crippen LogP contribution in [0.4, 0.5) is 0 Å². The van der Waals surface area contributed by atoms with E-state index in [9.17, 15) is 0 Å². The first kappa shape index (κ1) is 17.5. The molecule has 0 aliphatic carbocycles. The predicted octanol–water partition coefficient (Wildman–Crippen LogP) is 4.69. The topological polar surface area (TPSA) is 36.9 Å². The average molecular weight is 342 g/mol. The molecule has 0 N–H and O–H groups in total. The molecule has 1 aliphatic heterocycles.